The van der Waals surface area contributed by atoms with Crippen LogP contribution >= 0.6 is 0 Å². The molecule has 2 rings (SSSR count). The molecule has 1 aromatic heterocycles. The van der Waals surface area contributed by atoms with Crippen molar-refractivity contribution in [1.82, 2.24) is 20.2 Å². The number of nitrogens with one attached hydrogen (secondary N) is 2. The van der Waals surface area contributed by atoms with E-state index in [-0.39, 0.29) is 0 Å². The lowest BCUT2D eigenvalue weighted by Gasteiger charge is -2.04. The number of hydrogen-bond donors (Lipinski definition) is 2. The molecule has 0 unspecified atom stereocenters. The predicted molar refractivity (Wildman–Crippen MR) is 71.1 cm³/mol. The highest BCUT2D eigenvalue weighted by atomic mass is 15.0. The van der Waals surface area contributed by atoms with E-state index in [4.69, 9.17) is 0 Å². The van der Waals surface area contributed by atoms with Gasteiger partial charge in [0.15, 0.2) is 0 Å². The number of aryl methyl sites for hydroxylation is 2. The average Bonchev–Trinajstić information content (AvgIpc) is 2.61. The molecule has 1 heterocycles. The van der Waals surface area contributed by atoms with E-state index >= 15 is 0 Å². The Morgan fingerprint density at radius 2 is 2.12 bits per heavy atom. The fourth-order valence-corrected chi connectivity index (χ4v) is 1.92. The Morgan fingerprint density at radius 1 is 1.29 bits per heavy atom. The molecule has 2 N–H and O–H groups in total. The van der Waals surface area contributed by atoms with Crippen molar-refractivity contribution in [2.75, 3.05) is 20.1 Å². The van der Waals surface area contributed by atoms with E-state index in [1.165, 1.54) is 11.1 Å². The highest BCUT2D eigenvalue weighted by Crippen LogP contribution is 2.16. The van der Waals surface area contributed by atoms with E-state index in [1.807, 2.05) is 14.0 Å². The molecule has 1 aromatic carbocycles. The maximum absolute atomic E-state index is 4.54. The first-order valence-electron chi connectivity index (χ1n) is 5.99. The largest absolute Gasteiger partial charge is 0.331 e. The highest BCUT2D eigenvalue weighted by molar-refractivity contribution is 5.76. The molecule has 2 aromatic rings. The summed E-state index contributed by atoms with van der Waals surface area (Å²) in [5.41, 5.74) is 3.56. The van der Waals surface area contributed by atoms with Crippen LogP contribution in [0.2, 0.25) is 0 Å². The van der Waals surface area contributed by atoms with Gasteiger partial charge in [0, 0.05) is 26.7 Å². The van der Waals surface area contributed by atoms with Gasteiger partial charge in [0.05, 0.1) is 11.0 Å². The summed E-state index contributed by atoms with van der Waals surface area (Å²) in [5.74, 6) is 1.06. The van der Waals surface area contributed by atoms with Crippen molar-refractivity contribution in [2.45, 2.75) is 13.5 Å². The highest BCUT2D eigenvalue weighted by Gasteiger charge is 2.04. The molecular weight excluding hydrogens is 212 g/mol. The van der Waals surface area contributed by atoms with Crippen molar-refractivity contribution in [3.63, 3.8) is 0 Å². The summed E-state index contributed by atoms with van der Waals surface area (Å²) in [6.07, 6.45) is 0. The van der Waals surface area contributed by atoms with Crippen LogP contribution in [0.4, 0.5) is 0 Å². The summed E-state index contributed by atoms with van der Waals surface area (Å²) in [4.78, 5) is 4.54. The molecule has 4 heteroatoms. The van der Waals surface area contributed by atoms with Crippen LogP contribution in [0.1, 0.15) is 11.4 Å². The van der Waals surface area contributed by atoms with Gasteiger partial charge in [-0.25, -0.2) is 4.98 Å². The SMILES string of the molecule is CNCCNCc1ccc2c(c1)nc(C)n2C. The van der Waals surface area contributed by atoms with Crippen molar-refractivity contribution in [1.29, 1.82) is 0 Å². The van der Waals surface area contributed by atoms with Crippen LogP contribution in [0.25, 0.3) is 11.0 Å². The summed E-state index contributed by atoms with van der Waals surface area (Å²) >= 11 is 0. The molecule has 0 amide bonds. The first-order valence-corrected chi connectivity index (χ1v) is 5.99. The second-order valence-electron chi connectivity index (χ2n) is 4.32. The number of hydrogen-bond acceptors (Lipinski definition) is 3. The van der Waals surface area contributed by atoms with Gasteiger partial charge in [-0.3, -0.25) is 0 Å². The molecule has 0 aliphatic heterocycles. The number of nitrogens with zero attached hydrogens (tertiary/aromatic N) is 2. The molecule has 0 saturated carbocycles. The minimum absolute atomic E-state index is 0.896. The Hall–Kier alpha value is -1.39. The molecular formula is C13H20N4. The van der Waals surface area contributed by atoms with Crippen molar-refractivity contribution >= 4 is 11.0 Å². The van der Waals surface area contributed by atoms with Crippen LogP contribution in [-0.4, -0.2) is 29.7 Å². The molecule has 0 fully saturated rings. The number of likely N-dealkylation sites (N-methyl/N-ethyl adjacent to an activating group) is 1. The zero-order chi connectivity index (χ0) is 12.3. The second-order valence-corrected chi connectivity index (χ2v) is 4.32. The summed E-state index contributed by atoms with van der Waals surface area (Å²) in [7, 11) is 4.01. The summed E-state index contributed by atoms with van der Waals surface area (Å²) in [6, 6.07) is 6.47. The monoisotopic (exact) mass is 232 g/mol. The van der Waals surface area contributed by atoms with Crippen molar-refractivity contribution in [3.05, 3.63) is 29.6 Å². The molecule has 0 spiro atoms. The third-order valence-electron chi connectivity index (χ3n) is 3.05. The van der Waals surface area contributed by atoms with Gasteiger partial charge >= 0.3 is 0 Å². The van der Waals surface area contributed by atoms with E-state index in [2.05, 4.69) is 45.4 Å². The van der Waals surface area contributed by atoms with Gasteiger partial charge in [-0.05, 0) is 31.7 Å². The topological polar surface area (TPSA) is 41.9 Å². The van der Waals surface area contributed by atoms with Gasteiger partial charge in [-0.1, -0.05) is 6.07 Å². The van der Waals surface area contributed by atoms with E-state index in [1.54, 1.807) is 0 Å². The molecule has 17 heavy (non-hydrogen) atoms. The van der Waals surface area contributed by atoms with Crippen molar-refractivity contribution in [3.8, 4) is 0 Å². The zero-order valence-electron chi connectivity index (χ0n) is 10.7. The third kappa shape index (κ3) is 2.65. The van der Waals surface area contributed by atoms with Crippen LogP contribution in [0.5, 0.6) is 0 Å². The fourth-order valence-electron chi connectivity index (χ4n) is 1.92. The first kappa shape index (κ1) is 12.1. The minimum Gasteiger partial charge on any atom is -0.331 e. The lowest BCUT2D eigenvalue weighted by molar-refractivity contribution is 0.651. The predicted octanol–water partition coefficient (Wildman–Crippen LogP) is 1.19. The number of benzene rings is 1. The molecule has 0 aliphatic rings. The lowest BCUT2D eigenvalue weighted by atomic mass is 10.2. The molecule has 0 saturated heterocycles. The van der Waals surface area contributed by atoms with Crippen molar-refractivity contribution in [2.24, 2.45) is 7.05 Å². The Kier molecular flexibility index (Phi) is 3.76. The number of rotatable bonds is 5. The van der Waals surface area contributed by atoms with Crippen LogP contribution < -0.4 is 10.6 Å². The van der Waals surface area contributed by atoms with Gasteiger partial charge < -0.3 is 15.2 Å². The molecule has 0 radical (unpaired) electrons. The van der Waals surface area contributed by atoms with Crippen molar-refractivity contribution < 1.29 is 0 Å². The number of imidazole rings is 1. The van der Waals surface area contributed by atoms with Crippen LogP contribution in [-0.2, 0) is 13.6 Å². The average molecular weight is 232 g/mol. The normalized spacial score (nSPS) is 11.2. The van der Waals surface area contributed by atoms with Gasteiger partial charge in [0.25, 0.3) is 0 Å². The lowest BCUT2D eigenvalue weighted by Crippen LogP contribution is -2.24. The van der Waals surface area contributed by atoms with Gasteiger partial charge in [0.1, 0.15) is 5.82 Å². The molecule has 4 nitrogen and oxygen atoms in total. The van der Waals surface area contributed by atoms with E-state index in [9.17, 15) is 0 Å². The maximum atomic E-state index is 4.54. The van der Waals surface area contributed by atoms with Gasteiger partial charge in [-0.15, -0.1) is 0 Å². The first-order chi connectivity index (χ1) is 8.22. The fraction of sp³-hybridized carbons (Fsp3) is 0.462. The molecule has 0 bridgehead atoms. The Bertz CT molecular complexity index is 501. The minimum atomic E-state index is 0.896. The quantitative estimate of drug-likeness (QED) is 0.761. The van der Waals surface area contributed by atoms with Crippen LogP contribution in [0.15, 0.2) is 18.2 Å². The van der Waals surface area contributed by atoms with E-state index < -0.39 is 0 Å². The standard InChI is InChI=1S/C13H20N4/c1-10-16-12-8-11(9-15-7-6-14-2)4-5-13(12)17(10)3/h4-5,8,14-15H,6-7,9H2,1-3H3. The smallest absolute Gasteiger partial charge is 0.106 e. The van der Waals surface area contributed by atoms with Crippen LogP contribution in [0.3, 0.4) is 0 Å². The summed E-state index contributed by atoms with van der Waals surface area (Å²) in [5, 5.41) is 6.51. The van der Waals surface area contributed by atoms with Gasteiger partial charge in [0.2, 0.25) is 0 Å². The zero-order valence-corrected chi connectivity index (χ0v) is 10.7. The molecule has 0 atom stereocenters. The summed E-state index contributed by atoms with van der Waals surface area (Å²) < 4.78 is 2.12. The third-order valence-corrected chi connectivity index (χ3v) is 3.05. The maximum Gasteiger partial charge on any atom is 0.106 e. The molecule has 0 aliphatic carbocycles. The Labute approximate surface area is 102 Å². The number of aromatic nitrogens is 2. The van der Waals surface area contributed by atoms with Crippen LogP contribution in [0, 0.1) is 6.92 Å². The van der Waals surface area contributed by atoms with Gasteiger partial charge in [-0.2, -0.15) is 0 Å². The number of fused-ring (bicyclic) bond motifs is 1. The van der Waals surface area contributed by atoms with E-state index in [0.717, 1.165) is 31.0 Å². The Morgan fingerprint density at radius 3 is 2.88 bits per heavy atom. The summed E-state index contributed by atoms with van der Waals surface area (Å²) in [6.45, 7) is 4.90. The molecule has 92 valence electrons. The van der Waals surface area contributed by atoms with E-state index in [0.29, 0.717) is 0 Å². The second kappa shape index (κ2) is 5.29. The Balaban J connectivity index is 2.09.